The zero-order valence-electron chi connectivity index (χ0n) is 16.5. The second-order valence-electron chi connectivity index (χ2n) is 6.41. The third kappa shape index (κ3) is 5.12. The van der Waals surface area contributed by atoms with E-state index < -0.39 is 0 Å². The first-order chi connectivity index (χ1) is 12.5. The van der Waals surface area contributed by atoms with Gasteiger partial charge in [-0.2, -0.15) is 0 Å². The van der Waals surface area contributed by atoms with Crippen molar-refractivity contribution in [3.8, 4) is 0 Å². The fourth-order valence-electron chi connectivity index (χ4n) is 2.37. The monoisotopic (exact) mass is 384 g/mol. The Balaban J connectivity index is 0.000000171. The second-order valence-corrected chi connectivity index (χ2v) is 8.36. The van der Waals surface area contributed by atoms with Crippen LogP contribution in [0.5, 0.6) is 0 Å². The van der Waals surface area contributed by atoms with Crippen molar-refractivity contribution in [2.75, 3.05) is 0 Å². The van der Waals surface area contributed by atoms with E-state index in [1.165, 1.54) is 20.0 Å². The summed E-state index contributed by atoms with van der Waals surface area (Å²) in [5.74, 6) is 1.15. The summed E-state index contributed by atoms with van der Waals surface area (Å²) in [4.78, 5) is 8.77. The van der Waals surface area contributed by atoms with Crippen LogP contribution < -0.4 is 0 Å². The summed E-state index contributed by atoms with van der Waals surface area (Å²) in [6.07, 6.45) is 0. The van der Waals surface area contributed by atoms with Gasteiger partial charge in [-0.25, -0.2) is 9.97 Å². The van der Waals surface area contributed by atoms with Crippen molar-refractivity contribution in [2.24, 2.45) is 0 Å². The second kappa shape index (κ2) is 9.79. The smallest absolute Gasteiger partial charge is 0.0963 e. The summed E-state index contributed by atoms with van der Waals surface area (Å²) in [5.41, 5.74) is 5.54. The van der Waals surface area contributed by atoms with Crippen molar-refractivity contribution in [3.05, 3.63) is 58.5 Å². The van der Waals surface area contributed by atoms with Gasteiger partial charge in [-0.15, -0.1) is 22.7 Å². The van der Waals surface area contributed by atoms with Gasteiger partial charge in [0.25, 0.3) is 0 Å². The first kappa shape index (κ1) is 20.5. The minimum absolute atomic E-state index is 0.544. The zero-order chi connectivity index (χ0) is 19.1. The topological polar surface area (TPSA) is 25.8 Å². The Labute approximate surface area is 165 Å². The van der Waals surface area contributed by atoms with Gasteiger partial charge >= 0.3 is 0 Å². The van der Waals surface area contributed by atoms with Crippen LogP contribution in [0.2, 0.25) is 0 Å². The van der Waals surface area contributed by atoms with Gasteiger partial charge in [-0.1, -0.05) is 59.7 Å². The maximum Gasteiger partial charge on any atom is 0.0963 e. The number of nitrogens with zero attached hydrogens (tertiary/aromatic N) is 2. The normalized spacial score (nSPS) is 10.6. The molecule has 26 heavy (non-hydrogen) atoms. The largest absolute Gasteiger partial charge is 0.245 e. The summed E-state index contributed by atoms with van der Waals surface area (Å²) in [6, 6.07) is 14.8. The highest BCUT2D eigenvalue weighted by molar-refractivity contribution is 7.18. The maximum absolute atomic E-state index is 4.53. The number of para-hydroxylation sites is 1. The van der Waals surface area contributed by atoms with Gasteiger partial charge in [0, 0.05) is 5.92 Å². The predicted octanol–water partition coefficient (Wildman–Crippen LogP) is 7.87. The first-order valence-electron chi connectivity index (χ1n) is 9.23. The maximum atomic E-state index is 4.53. The lowest BCUT2D eigenvalue weighted by Crippen LogP contribution is -1.84. The van der Waals surface area contributed by atoms with Crippen molar-refractivity contribution in [1.82, 2.24) is 9.97 Å². The van der Waals surface area contributed by atoms with Crippen LogP contribution in [-0.2, 0) is 0 Å². The van der Waals surface area contributed by atoms with E-state index in [0.29, 0.717) is 11.8 Å². The van der Waals surface area contributed by atoms with Crippen LogP contribution in [-0.4, -0.2) is 9.97 Å². The molecule has 0 aliphatic heterocycles. The average Bonchev–Trinajstić information content (AvgIpc) is 3.30. The molecule has 0 spiro atoms. The minimum atomic E-state index is 0.544. The molecule has 2 aromatic carbocycles. The Morgan fingerprint density at radius 1 is 0.808 bits per heavy atom. The van der Waals surface area contributed by atoms with Gasteiger partial charge < -0.3 is 0 Å². The molecule has 4 aromatic rings. The lowest BCUT2D eigenvalue weighted by atomic mass is 10.0. The molecule has 0 saturated carbocycles. The number of hydrogen-bond donors (Lipinski definition) is 0. The molecule has 0 saturated heterocycles. The van der Waals surface area contributed by atoms with Crippen LogP contribution in [0.4, 0.5) is 0 Å². The molecule has 0 radical (unpaired) electrons. The van der Waals surface area contributed by atoms with E-state index in [9.17, 15) is 0 Å². The third-order valence-electron chi connectivity index (χ3n) is 3.83. The molecule has 2 heterocycles. The average molecular weight is 385 g/mol. The first-order valence-corrected chi connectivity index (χ1v) is 10.9. The molecule has 0 unspecified atom stereocenters. The van der Waals surface area contributed by atoms with Crippen LogP contribution in [0.3, 0.4) is 0 Å². The lowest BCUT2D eigenvalue weighted by Gasteiger charge is -2.03. The summed E-state index contributed by atoms with van der Waals surface area (Å²) in [6.45, 7) is 12.8. The molecule has 0 aliphatic rings. The molecule has 0 aliphatic carbocycles. The van der Waals surface area contributed by atoms with E-state index in [1.807, 2.05) is 25.4 Å². The molecule has 4 rings (SSSR count). The van der Waals surface area contributed by atoms with Crippen molar-refractivity contribution in [2.45, 2.75) is 53.4 Å². The number of benzene rings is 2. The SMILES string of the molecule is CC.CC(C)c1ccc2ncsc2c1.CC(C)c1nc2ccccc2s1. The molecule has 0 fully saturated rings. The highest BCUT2D eigenvalue weighted by Crippen LogP contribution is 2.26. The molecule has 0 bridgehead atoms. The lowest BCUT2D eigenvalue weighted by molar-refractivity contribution is 0.857. The van der Waals surface area contributed by atoms with Crippen LogP contribution in [0.1, 0.15) is 63.9 Å². The molecule has 2 nitrogen and oxygen atoms in total. The highest BCUT2D eigenvalue weighted by Gasteiger charge is 2.05. The van der Waals surface area contributed by atoms with E-state index in [-0.39, 0.29) is 0 Å². The Morgan fingerprint density at radius 3 is 2.19 bits per heavy atom. The Bertz CT molecular complexity index is 896. The number of rotatable bonds is 2. The molecular weight excluding hydrogens is 356 g/mol. The zero-order valence-corrected chi connectivity index (χ0v) is 18.1. The Kier molecular flexibility index (Phi) is 7.73. The number of thiazole rings is 2. The summed E-state index contributed by atoms with van der Waals surface area (Å²) >= 11 is 3.50. The number of fused-ring (bicyclic) bond motifs is 2. The van der Waals surface area contributed by atoms with Crippen molar-refractivity contribution < 1.29 is 0 Å². The van der Waals surface area contributed by atoms with Crippen molar-refractivity contribution in [1.29, 1.82) is 0 Å². The standard InChI is InChI=1S/2C10H11NS.C2H6/c1-7(2)8-3-4-9-10(5-8)12-6-11-9;1-7(2)10-11-8-5-3-4-6-9(8)12-10;1-2/h2*3-7H,1-2H3;1-2H3. The molecular formula is C22H28N2S2. The summed E-state index contributed by atoms with van der Waals surface area (Å²) in [7, 11) is 0. The van der Waals surface area contributed by atoms with Gasteiger partial charge in [0.2, 0.25) is 0 Å². The number of hydrogen-bond acceptors (Lipinski definition) is 4. The van der Waals surface area contributed by atoms with E-state index in [2.05, 4.69) is 74.1 Å². The van der Waals surface area contributed by atoms with E-state index in [0.717, 1.165) is 11.0 Å². The Morgan fingerprint density at radius 2 is 1.54 bits per heavy atom. The van der Waals surface area contributed by atoms with Crippen molar-refractivity contribution >= 4 is 43.1 Å². The summed E-state index contributed by atoms with van der Waals surface area (Å²) in [5, 5.41) is 1.23. The fraction of sp³-hybridized carbons (Fsp3) is 0.364. The molecule has 2 aromatic heterocycles. The molecule has 4 heteroatoms. The van der Waals surface area contributed by atoms with E-state index >= 15 is 0 Å². The van der Waals surface area contributed by atoms with Crippen LogP contribution in [0, 0.1) is 0 Å². The summed E-state index contributed by atoms with van der Waals surface area (Å²) < 4.78 is 2.59. The van der Waals surface area contributed by atoms with Crippen LogP contribution in [0.25, 0.3) is 20.4 Å². The minimum Gasteiger partial charge on any atom is -0.245 e. The van der Waals surface area contributed by atoms with Gasteiger partial charge in [0.15, 0.2) is 0 Å². The van der Waals surface area contributed by atoms with Crippen LogP contribution >= 0.6 is 22.7 Å². The molecule has 0 amide bonds. The predicted molar refractivity (Wildman–Crippen MR) is 119 cm³/mol. The van der Waals surface area contributed by atoms with Gasteiger partial charge in [0.05, 0.1) is 31.0 Å². The third-order valence-corrected chi connectivity index (χ3v) is 5.96. The van der Waals surface area contributed by atoms with Gasteiger partial charge in [0.1, 0.15) is 0 Å². The van der Waals surface area contributed by atoms with E-state index in [1.54, 1.807) is 22.7 Å². The quantitative estimate of drug-likeness (QED) is 0.351. The highest BCUT2D eigenvalue weighted by atomic mass is 32.1. The Hall–Kier alpha value is -1.78. The fourth-order valence-corrected chi connectivity index (χ4v) is 4.06. The van der Waals surface area contributed by atoms with Gasteiger partial charge in [-0.3, -0.25) is 0 Å². The molecule has 0 atom stereocenters. The van der Waals surface area contributed by atoms with Crippen LogP contribution in [0.15, 0.2) is 48.0 Å². The molecule has 138 valence electrons. The van der Waals surface area contributed by atoms with Gasteiger partial charge in [-0.05, 0) is 35.7 Å². The van der Waals surface area contributed by atoms with E-state index in [4.69, 9.17) is 0 Å². The molecule has 0 N–H and O–H groups in total. The van der Waals surface area contributed by atoms with Crippen molar-refractivity contribution in [3.63, 3.8) is 0 Å². The number of aromatic nitrogens is 2.